The van der Waals surface area contributed by atoms with Crippen molar-refractivity contribution < 1.29 is 14.3 Å². The number of urea groups is 1. The van der Waals surface area contributed by atoms with Gasteiger partial charge in [-0.05, 0) is 31.4 Å². The Balaban J connectivity index is 1.85. The van der Waals surface area contributed by atoms with E-state index in [0.29, 0.717) is 29.6 Å². The number of ketones is 1. The second-order valence-electron chi connectivity index (χ2n) is 6.10. The van der Waals surface area contributed by atoms with Crippen LogP contribution in [0.3, 0.4) is 0 Å². The van der Waals surface area contributed by atoms with Crippen LogP contribution >= 0.6 is 0 Å². The minimum Gasteiger partial charge on any atom is -0.378 e. The van der Waals surface area contributed by atoms with Crippen LogP contribution in [0.5, 0.6) is 0 Å². The van der Waals surface area contributed by atoms with Crippen LogP contribution < -0.4 is 10.6 Å². The molecule has 1 saturated heterocycles. The van der Waals surface area contributed by atoms with Crippen molar-refractivity contribution in [3.05, 3.63) is 29.8 Å². The number of hydrogen-bond donors (Lipinski definition) is 2. The molecule has 120 valence electrons. The lowest BCUT2D eigenvalue weighted by atomic mass is 9.93. The number of hydrogen-bond acceptors (Lipinski definition) is 3. The van der Waals surface area contributed by atoms with E-state index in [1.165, 1.54) is 6.92 Å². The summed E-state index contributed by atoms with van der Waals surface area (Å²) in [5.41, 5.74) is 1.20. The second kappa shape index (κ2) is 7.40. The lowest BCUT2D eigenvalue weighted by molar-refractivity contribution is 0.0546. The maximum atomic E-state index is 12.0. The molecular weight excluding hydrogens is 280 g/mol. The van der Waals surface area contributed by atoms with Crippen molar-refractivity contribution >= 4 is 17.5 Å². The summed E-state index contributed by atoms with van der Waals surface area (Å²) in [7, 11) is 0. The molecule has 22 heavy (non-hydrogen) atoms. The van der Waals surface area contributed by atoms with Crippen molar-refractivity contribution in [3.63, 3.8) is 0 Å². The van der Waals surface area contributed by atoms with E-state index in [1.807, 2.05) is 0 Å². The highest BCUT2D eigenvalue weighted by atomic mass is 16.5. The molecule has 1 fully saturated rings. The first-order chi connectivity index (χ1) is 10.5. The fourth-order valence-corrected chi connectivity index (χ4v) is 2.83. The van der Waals surface area contributed by atoms with Gasteiger partial charge in [-0.3, -0.25) is 4.79 Å². The SMILES string of the molecule is CC(=O)c1cccc(NC(=O)NC[C@H]2CCO[C@@H]2C(C)C)c1. The van der Waals surface area contributed by atoms with Gasteiger partial charge in [-0.2, -0.15) is 0 Å². The fourth-order valence-electron chi connectivity index (χ4n) is 2.83. The first kappa shape index (κ1) is 16.5. The highest BCUT2D eigenvalue weighted by molar-refractivity contribution is 5.96. The monoisotopic (exact) mass is 304 g/mol. The first-order valence-electron chi connectivity index (χ1n) is 7.75. The number of ether oxygens (including phenoxy) is 1. The van der Waals surface area contributed by atoms with Crippen molar-refractivity contribution in [2.75, 3.05) is 18.5 Å². The third-order valence-electron chi connectivity index (χ3n) is 3.97. The number of carbonyl (C=O) groups is 2. The average molecular weight is 304 g/mol. The molecule has 0 unspecified atom stereocenters. The van der Waals surface area contributed by atoms with Crippen LogP contribution in [0.15, 0.2) is 24.3 Å². The summed E-state index contributed by atoms with van der Waals surface area (Å²) >= 11 is 0. The number of rotatable bonds is 5. The zero-order chi connectivity index (χ0) is 16.1. The summed E-state index contributed by atoms with van der Waals surface area (Å²) < 4.78 is 5.71. The van der Waals surface area contributed by atoms with Crippen molar-refractivity contribution in [2.45, 2.75) is 33.3 Å². The number of carbonyl (C=O) groups excluding carboxylic acids is 2. The number of anilines is 1. The van der Waals surface area contributed by atoms with Gasteiger partial charge in [0.1, 0.15) is 0 Å². The first-order valence-corrected chi connectivity index (χ1v) is 7.75. The molecule has 0 bridgehead atoms. The van der Waals surface area contributed by atoms with Crippen molar-refractivity contribution in [2.24, 2.45) is 11.8 Å². The number of benzene rings is 1. The van der Waals surface area contributed by atoms with Crippen LogP contribution in [0.2, 0.25) is 0 Å². The van der Waals surface area contributed by atoms with E-state index < -0.39 is 0 Å². The summed E-state index contributed by atoms with van der Waals surface area (Å²) in [6, 6.07) is 6.68. The van der Waals surface area contributed by atoms with E-state index in [4.69, 9.17) is 4.74 Å². The Morgan fingerprint density at radius 3 is 2.82 bits per heavy atom. The van der Waals surface area contributed by atoms with Gasteiger partial charge in [0.25, 0.3) is 0 Å². The van der Waals surface area contributed by atoms with Crippen LogP contribution in [0.1, 0.15) is 37.6 Å². The molecule has 2 rings (SSSR count). The van der Waals surface area contributed by atoms with Gasteiger partial charge in [0.2, 0.25) is 0 Å². The molecular formula is C17H24N2O3. The van der Waals surface area contributed by atoms with E-state index in [-0.39, 0.29) is 17.9 Å². The lowest BCUT2D eigenvalue weighted by Gasteiger charge is -2.22. The highest BCUT2D eigenvalue weighted by Crippen LogP contribution is 2.26. The zero-order valence-corrected chi connectivity index (χ0v) is 13.4. The second-order valence-corrected chi connectivity index (χ2v) is 6.10. The lowest BCUT2D eigenvalue weighted by Crippen LogP contribution is -2.37. The van der Waals surface area contributed by atoms with Gasteiger partial charge in [0.15, 0.2) is 5.78 Å². The van der Waals surface area contributed by atoms with Gasteiger partial charge in [0.05, 0.1) is 6.10 Å². The molecule has 0 radical (unpaired) electrons. The number of amides is 2. The van der Waals surface area contributed by atoms with Crippen LogP contribution in [-0.2, 0) is 4.74 Å². The Labute approximate surface area is 131 Å². The predicted molar refractivity (Wildman–Crippen MR) is 86.2 cm³/mol. The predicted octanol–water partition coefficient (Wildman–Crippen LogP) is 3.07. The van der Waals surface area contributed by atoms with E-state index in [2.05, 4.69) is 24.5 Å². The Morgan fingerprint density at radius 1 is 1.36 bits per heavy atom. The Hall–Kier alpha value is -1.88. The summed E-state index contributed by atoms with van der Waals surface area (Å²) in [6.07, 6.45) is 1.18. The summed E-state index contributed by atoms with van der Waals surface area (Å²) in [6.45, 7) is 7.14. The Kier molecular flexibility index (Phi) is 5.55. The normalized spacial score (nSPS) is 20.9. The van der Waals surface area contributed by atoms with E-state index in [0.717, 1.165) is 13.0 Å². The molecule has 1 aromatic rings. The number of Topliss-reactive ketones (excluding diaryl/α,β-unsaturated/α-hetero) is 1. The molecule has 2 amide bonds. The topological polar surface area (TPSA) is 67.4 Å². The maximum Gasteiger partial charge on any atom is 0.319 e. The molecule has 0 saturated carbocycles. The van der Waals surface area contributed by atoms with E-state index >= 15 is 0 Å². The fraction of sp³-hybridized carbons (Fsp3) is 0.529. The summed E-state index contributed by atoms with van der Waals surface area (Å²) in [4.78, 5) is 23.3. The minimum absolute atomic E-state index is 0.0214. The van der Waals surface area contributed by atoms with Gasteiger partial charge < -0.3 is 15.4 Å². The number of nitrogens with one attached hydrogen (secondary N) is 2. The summed E-state index contributed by atoms with van der Waals surface area (Å²) in [5.74, 6) is 0.783. The average Bonchev–Trinajstić information content (AvgIpc) is 2.94. The van der Waals surface area contributed by atoms with Crippen LogP contribution in [-0.4, -0.2) is 31.1 Å². The van der Waals surface area contributed by atoms with Gasteiger partial charge in [-0.15, -0.1) is 0 Å². The van der Waals surface area contributed by atoms with Gasteiger partial charge in [0, 0.05) is 30.3 Å². The molecule has 1 aliphatic rings. The van der Waals surface area contributed by atoms with Crippen molar-refractivity contribution in [1.82, 2.24) is 5.32 Å². The van der Waals surface area contributed by atoms with Gasteiger partial charge in [-0.25, -0.2) is 4.79 Å². The molecule has 0 spiro atoms. The standard InChI is InChI=1S/C17H24N2O3/c1-11(2)16-14(7-8-22-16)10-18-17(21)19-15-6-4-5-13(9-15)12(3)20/h4-6,9,11,14,16H,7-8,10H2,1-3H3,(H2,18,19,21)/t14-,16-/m1/s1. The highest BCUT2D eigenvalue weighted by Gasteiger charge is 2.30. The largest absolute Gasteiger partial charge is 0.378 e. The molecule has 5 nitrogen and oxygen atoms in total. The van der Waals surface area contributed by atoms with Crippen LogP contribution in [0.25, 0.3) is 0 Å². The summed E-state index contributed by atoms with van der Waals surface area (Å²) in [5, 5.41) is 5.65. The molecule has 2 N–H and O–H groups in total. The quantitative estimate of drug-likeness (QED) is 0.822. The van der Waals surface area contributed by atoms with E-state index in [1.54, 1.807) is 24.3 Å². The van der Waals surface area contributed by atoms with Crippen LogP contribution in [0.4, 0.5) is 10.5 Å². The third kappa shape index (κ3) is 4.31. The minimum atomic E-state index is -0.255. The van der Waals surface area contributed by atoms with Gasteiger partial charge in [-0.1, -0.05) is 26.0 Å². The molecule has 0 aliphatic carbocycles. The van der Waals surface area contributed by atoms with Gasteiger partial charge >= 0.3 is 6.03 Å². The van der Waals surface area contributed by atoms with Crippen molar-refractivity contribution in [3.8, 4) is 0 Å². The molecule has 1 aromatic carbocycles. The Bertz CT molecular complexity index is 542. The molecule has 0 aromatic heterocycles. The maximum absolute atomic E-state index is 12.0. The molecule has 2 atom stereocenters. The Morgan fingerprint density at radius 2 is 2.14 bits per heavy atom. The molecule has 5 heteroatoms. The molecule has 1 aliphatic heterocycles. The smallest absolute Gasteiger partial charge is 0.319 e. The zero-order valence-electron chi connectivity index (χ0n) is 13.4. The van der Waals surface area contributed by atoms with Crippen LogP contribution in [0, 0.1) is 11.8 Å². The third-order valence-corrected chi connectivity index (χ3v) is 3.97. The molecule has 1 heterocycles. The van der Waals surface area contributed by atoms with Crippen molar-refractivity contribution in [1.29, 1.82) is 0 Å². The van der Waals surface area contributed by atoms with E-state index in [9.17, 15) is 9.59 Å².